The Kier molecular flexibility index (Phi) is 6.63. The Bertz CT molecular complexity index is 1350. The van der Waals surface area contributed by atoms with Gasteiger partial charge in [-0.2, -0.15) is 5.10 Å². The van der Waals surface area contributed by atoms with E-state index in [0.29, 0.717) is 41.1 Å². The number of hydrogen-bond donors (Lipinski definition) is 1. The van der Waals surface area contributed by atoms with E-state index in [-0.39, 0.29) is 18.3 Å². The summed E-state index contributed by atoms with van der Waals surface area (Å²) in [6, 6.07) is 13.6. The van der Waals surface area contributed by atoms with Gasteiger partial charge in [-0.05, 0) is 30.3 Å². The van der Waals surface area contributed by atoms with Crippen molar-refractivity contribution in [3.63, 3.8) is 0 Å². The number of para-hydroxylation sites is 1. The molecule has 0 fully saturated rings. The van der Waals surface area contributed by atoms with Gasteiger partial charge < -0.3 is 15.4 Å². The van der Waals surface area contributed by atoms with Gasteiger partial charge in [0.1, 0.15) is 36.0 Å². The fourth-order valence-corrected chi connectivity index (χ4v) is 3.61. The normalized spacial score (nSPS) is 10.7. The third-order valence-electron chi connectivity index (χ3n) is 5.12. The Hall–Kier alpha value is -4.53. The second kappa shape index (κ2) is 9.95. The maximum absolute atomic E-state index is 14.4. The van der Waals surface area contributed by atoms with Crippen LogP contribution >= 0.6 is 0 Å². The van der Waals surface area contributed by atoms with Crippen molar-refractivity contribution in [1.82, 2.24) is 19.7 Å². The molecule has 34 heavy (non-hydrogen) atoms. The number of hydrogen-bond acceptors (Lipinski definition) is 6. The highest BCUT2D eigenvalue weighted by Gasteiger charge is 2.20. The minimum absolute atomic E-state index is 0.214. The van der Waals surface area contributed by atoms with Gasteiger partial charge in [-0.3, -0.25) is 4.79 Å². The predicted molar refractivity (Wildman–Crippen MR) is 130 cm³/mol. The fourth-order valence-electron chi connectivity index (χ4n) is 3.61. The standard InChI is InChI=1S/C25H23FN6O2/c1-3-12-34-20-14-17(13-18(26)15-20)23-22-24(27)28-16-29-25(22)32(30-23)11-10-31(21(33)4-2)19-8-6-5-7-9-19/h3-9,13-16H,1-2,10-12H2,(H2,27,28,29). The topological polar surface area (TPSA) is 99.2 Å². The van der Waals surface area contributed by atoms with Crippen LogP contribution in [0.25, 0.3) is 22.3 Å². The lowest BCUT2D eigenvalue weighted by atomic mass is 10.1. The number of halogens is 1. The molecular formula is C25H23FN6O2. The molecule has 0 atom stereocenters. The number of anilines is 2. The van der Waals surface area contributed by atoms with E-state index in [1.165, 1.54) is 24.5 Å². The van der Waals surface area contributed by atoms with Crippen molar-refractivity contribution in [1.29, 1.82) is 0 Å². The second-order valence-corrected chi connectivity index (χ2v) is 7.33. The van der Waals surface area contributed by atoms with Gasteiger partial charge in [0.15, 0.2) is 5.65 Å². The summed E-state index contributed by atoms with van der Waals surface area (Å²) >= 11 is 0. The van der Waals surface area contributed by atoms with Crippen molar-refractivity contribution >= 4 is 28.4 Å². The minimum Gasteiger partial charge on any atom is -0.489 e. The summed E-state index contributed by atoms with van der Waals surface area (Å²) in [6.07, 6.45) is 4.18. The number of nitrogens with two attached hydrogens (primary N) is 1. The smallest absolute Gasteiger partial charge is 0.250 e. The van der Waals surface area contributed by atoms with Gasteiger partial charge in [-0.15, -0.1) is 0 Å². The van der Waals surface area contributed by atoms with Crippen LogP contribution in [0.4, 0.5) is 15.9 Å². The summed E-state index contributed by atoms with van der Waals surface area (Å²) in [5.74, 6) is -0.182. The zero-order valence-corrected chi connectivity index (χ0v) is 18.4. The summed E-state index contributed by atoms with van der Waals surface area (Å²) < 4.78 is 21.5. The molecule has 0 saturated carbocycles. The summed E-state index contributed by atoms with van der Waals surface area (Å²) in [6.45, 7) is 8.04. The molecule has 0 saturated heterocycles. The molecule has 8 nitrogen and oxygen atoms in total. The molecule has 0 aliphatic rings. The molecule has 4 aromatic rings. The number of carbonyl (C=O) groups is 1. The third kappa shape index (κ3) is 4.63. The van der Waals surface area contributed by atoms with Crippen LogP contribution in [0, 0.1) is 5.82 Å². The summed E-state index contributed by atoms with van der Waals surface area (Å²) in [7, 11) is 0. The third-order valence-corrected chi connectivity index (χ3v) is 5.12. The summed E-state index contributed by atoms with van der Waals surface area (Å²) in [5.41, 5.74) is 8.24. The largest absolute Gasteiger partial charge is 0.489 e. The first-order chi connectivity index (χ1) is 16.5. The van der Waals surface area contributed by atoms with E-state index < -0.39 is 5.82 Å². The number of nitrogen functional groups attached to an aromatic ring is 1. The number of amides is 1. The van der Waals surface area contributed by atoms with E-state index >= 15 is 0 Å². The lowest BCUT2D eigenvalue weighted by Gasteiger charge is -2.21. The van der Waals surface area contributed by atoms with Crippen LogP contribution in [0.5, 0.6) is 5.75 Å². The van der Waals surface area contributed by atoms with Crippen LogP contribution in [0.15, 0.2) is 80.2 Å². The van der Waals surface area contributed by atoms with Crippen LogP contribution < -0.4 is 15.4 Å². The van der Waals surface area contributed by atoms with Crippen LogP contribution in [0.1, 0.15) is 0 Å². The lowest BCUT2D eigenvalue weighted by molar-refractivity contribution is -0.114. The number of carbonyl (C=O) groups excluding carboxylic acids is 1. The molecule has 2 aromatic carbocycles. The Labute approximate surface area is 195 Å². The van der Waals surface area contributed by atoms with E-state index in [1.807, 2.05) is 30.3 Å². The molecule has 0 radical (unpaired) electrons. The Morgan fingerprint density at radius 2 is 1.97 bits per heavy atom. The van der Waals surface area contributed by atoms with Crippen LogP contribution in [0.2, 0.25) is 0 Å². The highest BCUT2D eigenvalue weighted by atomic mass is 19.1. The van der Waals surface area contributed by atoms with Gasteiger partial charge in [0.05, 0.1) is 11.9 Å². The average Bonchev–Trinajstić information content (AvgIpc) is 3.23. The molecule has 0 unspecified atom stereocenters. The molecule has 0 spiro atoms. The van der Waals surface area contributed by atoms with Gasteiger partial charge in [-0.25, -0.2) is 19.0 Å². The Morgan fingerprint density at radius 1 is 1.18 bits per heavy atom. The first-order valence-corrected chi connectivity index (χ1v) is 10.5. The van der Waals surface area contributed by atoms with Crippen LogP contribution in [0.3, 0.4) is 0 Å². The van der Waals surface area contributed by atoms with Gasteiger partial charge in [0, 0.05) is 23.9 Å². The molecule has 1 amide bonds. The Balaban J connectivity index is 1.74. The molecular weight excluding hydrogens is 435 g/mol. The van der Waals surface area contributed by atoms with E-state index in [0.717, 1.165) is 5.69 Å². The summed E-state index contributed by atoms with van der Waals surface area (Å²) in [5, 5.41) is 5.15. The second-order valence-electron chi connectivity index (χ2n) is 7.33. The Morgan fingerprint density at radius 3 is 2.71 bits per heavy atom. The molecule has 2 aromatic heterocycles. The van der Waals surface area contributed by atoms with E-state index in [9.17, 15) is 9.18 Å². The van der Waals surface area contributed by atoms with Crippen molar-refractivity contribution in [2.24, 2.45) is 0 Å². The zero-order valence-electron chi connectivity index (χ0n) is 18.4. The SMILES string of the molecule is C=CCOc1cc(F)cc(-c2nn(CCN(C(=O)C=C)c3ccccc3)c3ncnc(N)c23)c1. The van der Waals surface area contributed by atoms with Crippen molar-refractivity contribution in [2.75, 3.05) is 23.8 Å². The monoisotopic (exact) mass is 458 g/mol. The molecule has 0 bridgehead atoms. The van der Waals surface area contributed by atoms with E-state index in [2.05, 4.69) is 28.2 Å². The van der Waals surface area contributed by atoms with Gasteiger partial charge in [0.25, 0.3) is 0 Å². The van der Waals surface area contributed by atoms with Gasteiger partial charge in [-0.1, -0.05) is 37.4 Å². The van der Waals surface area contributed by atoms with Crippen LogP contribution in [-0.2, 0) is 11.3 Å². The number of nitrogens with zero attached hydrogens (tertiary/aromatic N) is 5. The van der Waals surface area contributed by atoms with E-state index in [1.54, 1.807) is 21.7 Å². The highest BCUT2D eigenvalue weighted by molar-refractivity contribution is 6.01. The predicted octanol–water partition coefficient (Wildman–Crippen LogP) is 4.00. The maximum Gasteiger partial charge on any atom is 0.250 e. The number of ether oxygens (including phenoxy) is 1. The molecule has 9 heteroatoms. The number of aromatic nitrogens is 4. The van der Waals surface area contributed by atoms with Crippen molar-refractivity contribution < 1.29 is 13.9 Å². The summed E-state index contributed by atoms with van der Waals surface area (Å²) in [4.78, 5) is 22.5. The maximum atomic E-state index is 14.4. The van der Waals surface area contributed by atoms with Gasteiger partial charge in [0.2, 0.25) is 5.91 Å². The number of rotatable bonds is 9. The fraction of sp³-hybridized carbons (Fsp3) is 0.120. The number of fused-ring (bicyclic) bond motifs is 1. The molecule has 2 heterocycles. The zero-order chi connectivity index (χ0) is 24.1. The van der Waals surface area contributed by atoms with Gasteiger partial charge >= 0.3 is 0 Å². The lowest BCUT2D eigenvalue weighted by Crippen LogP contribution is -2.32. The first-order valence-electron chi connectivity index (χ1n) is 10.5. The minimum atomic E-state index is -0.485. The molecule has 172 valence electrons. The quantitative estimate of drug-likeness (QED) is 0.301. The highest BCUT2D eigenvalue weighted by Crippen LogP contribution is 2.32. The van der Waals surface area contributed by atoms with E-state index in [4.69, 9.17) is 10.5 Å². The molecule has 0 aliphatic carbocycles. The number of benzene rings is 2. The van der Waals surface area contributed by atoms with Crippen LogP contribution in [-0.4, -0.2) is 38.8 Å². The molecule has 0 aliphatic heterocycles. The molecule has 4 rings (SSSR count). The molecule has 2 N–H and O–H groups in total. The van der Waals surface area contributed by atoms with Crippen molar-refractivity contribution in [2.45, 2.75) is 6.54 Å². The van der Waals surface area contributed by atoms with Crippen molar-refractivity contribution in [3.8, 4) is 17.0 Å². The first kappa shape index (κ1) is 22.7. The average molecular weight is 458 g/mol. The van der Waals surface area contributed by atoms with Crippen molar-refractivity contribution in [3.05, 3.63) is 86.0 Å².